The van der Waals surface area contributed by atoms with E-state index in [4.69, 9.17) is 16.6 Å². The average molecular weight is 509 g/mol. The van der Waals surface area contributed by atoms with E-state index < -0.39 is 0 Å². The summed E-state index contributed by atoms with van der Waals surface area (Å²) < 4.78 is 2.08. The SMILES string of the molecule is Clc1nc(-c2ccc(-c3ccccc3)cc2)nc(-n2c3ccccc3c3c(-c4ccccc4)cccc32)n1. The van der Waals surface area contributed by atoms with Crippen LogP contribution in [-0.2, 0) is 0 Å². The minimum Gasteiger partial charge on any atom is -0.278 e. The topological polar surface area (TPSA) is 43.6 Å². The van der Waals surface area contributed by atoms with Crippen LogP contribution in [0.2, 0.25) is 5.28 Å². The van der Waals surface area contributed by atoms with Crippen molar-refractivity contribution in [2.24, 2.45) is 0 Å². The van der Waals surface area contributed by atoms with Gasteiger partial charge in [-0.15, -0.1) is 0 Å². The van der Waals surface area contributed by atoms with Gasteiger partial charge < -0.3 is 0 Å². The van der Waals surface area contributed by atoms with Gasteiger partial charge in [-0.1, -0.05) is 115 Å². The lowest BCUT2D eigenvalue weighted by Gasteiger charge is -2.09. The van der Waals surface area contributed by atoms with Crippen molar-refractivity contribution in [3.05, 3.63) is 133 Å². The molecular weight excluding hydrogens is 488 g/mol. The third kappa shape index (κ3) is 3.83. The Balaban J connectivity index is 1.41. The van der Waals surface area contributed by atoms with Gasteiger partial charge in [-0.05, 0) is 46.0 Å². The normalized spacial score (nSPS) is 11.3. The lowest BCUT2D eigenvalue weighted by atomic mass is 9.99. The molecule has 4 nitrogen and oxygen atoms in total. The Morgan fingerprint density at radius 2 is 1.08 bits per heavy atom. The van der Waals surface area contributed by atoms with Crippen molar-refractivity contribution in [1.82, 2.24) is 19.5 Å². The molecule has 0 aliphatic heterocycles. The van der Waals surface area contributed by atoms with Crippen molar-refractivity contribution in [1.29, 1.82) is 0 Å². The molecule has 0 N–H and O–H groups in total. The molecule has 0 bridgehead atoms. The number of aromatic nitrogens is 4. The first kappa shape index (κ1) is 22.4. The van der Waals surface area contributed by atoms with Crippen LogP contribution in [0.1, 0.15) is 0 Å². The lowest BCUT2D eigenvalue weighted by Crippen LogP contribution is -2.04. The van der Waals surface area contributed by atoms with E-state index >= 15 is 0 Å². The van der Waals surface area contributed by atoms with Crippen molar-refractivity contribution < 1.29 is 0 Å². The van der Waals surface area contributed by atoms with Gasteiger partial charge in [0.05, 0.1) is 11.0 Å². The van der Waals surface area contributed by atoms with Crippen molar-refractivity contribution >= 4 is 33.4 Å². The molecule has 0 unspecified atom stereocenters. The summed E-state index contributed by atoms with van der Waals surface area (Å²) in [7, 11) is 0. The fraction of sp³-hybridized carbons (Fsp3) is 0. The highest BCUT2D eigenvalue weighted by Gasteiger charge is 2.18. The number of nitrogens with zero attached hydrogens (tertiary/aromatic N) is 4. The predicted molar refractivity (Wildman–Crippen MR) is 155 cm³/mol. The summed E-state index contributed by atoms with van der Waals surface area (Å²) in [6, 6.07) is 43.6. The average Bonchev–Trinajstić information content (AvgIpc) is 3.32. The van der Waals surface area contributed by atoms with E-state index in [9.17, 15) is 0 Å². The van der Waals surface area contributed by atoms with Crippen molar-refractivity contribution in [2.45, 2.75) is 0 Å². The van der Waals surface area contributed by atoms with Crippen LogP contribution in [-0.4, -0.2) is 19.5 Å². The van der Waals surface area contributed by atoms with E-state index in [-0.39, 0.29) is 5.28 Å². The quantitative estimate of drug-likeness (QED) is 0.239. The largest absolute Gasteiger partial charge is 0.278 e. The molecular formula is C33H21ClN4. The number of benzene rings is 5. The third-order valence-corrected chi connectivity index (χ3v) is 7.00. The first-order valence-electron chi connectivity index (χ1n) is 12.4. The summed E-state index contributed by atoms with van der Waals surface area (Å²) >= 11 is 6.50. The fourth-order valence-corrected chi connectivity index (χ4v) is 5.26. The maximum Gasteiger partial charge on any atom is 0.239 e. The van der Waals surface area contributed by atoms with Crippen LogP contribution in [0.25, 0.3) is 61.4 Å². The molecule has 0 fully saturated rings. The summed E-state index contributed by atoms with van der Waals surface area (Å²) in [5, 5.41) is 2.44. The van der Waals surface area contributed by atoms with Crippen molar-refractivity contribution in [3.8, 4) is 39.6 Å². The molecule has 0 atom stereocenters. The van der Waals surface area contributed by atoms with Crippen LogP contribution >= 0.6 is 11.6 Å². The molecule has 0 aliphatic carbocycles. The minimum atomic E-state index is 0.155. The minimum absolute atomic E-state index is 0.155. The van der Waals surface area contributed by atoms with Gasteiger partial charge in [-0.25, -0.2) is 0 Å². The maximum atomic E-state index is 6.50. The summed E-state index contributed by atoms with van der Waals surface area (Å²) in [5.74, 6) is 1.02. The van der Waals surface area contributed by atoms with E-state index in [2.05, 4.69) is 99.5 Å². The molecule has 2 heterocycles. The number of para-hydroxylation sites is 1. The highest BCUT2D eigenvalue weighted by molar-refractivity contribution is 6.28. The number of rotatable bonds is 4. The van der Waals surface area contributed by atoms with Crippen LogP contribution in [0, 0.1) is 0 Å². The second kappa shape index (κ2) is 9.25. The first-order valence-corrected chi connectivity index (χ1v) is 12.8. The predicted octanol–water partition coefficient (Wildman–Crippen LogP) is 8.62. The van der Waals surface area contributed by atoms with Gasteiger partial charge in [0.15, 0.2) is 5.82 Å². The summed E-state index contributed by atoms with van der Waals surface area (Å²) in [6.07, 6.45) is 0. The Bertz CT molecular complexity index is 1910. The van der Waals surface area contributed by atoms with Crippen LogP contribution in [0.5, 0.6) is 0 Å². The van der Waals surface area contributed by atoms with E-state index in [0.717, 1.165) is 49.6 Å². The standard InChI is InChI=1S/C33H21ClN4/c34-32-35-31(25-20-18-23(19-21-25)22-10-3-1-4-11-22)36-33(37-32)38-28-16-8-7-14-27(28)30-26(15-9-17-29(30)38)24-12-5-2-6-13-24/h1-21H. The number of halogens is 1. The molecule has 0 aliphatic rings. The highest BCUT2D eigenvalue weighted by atomic mass is 35.5. The Morgan fingerprint density at radius 1 is 0.474 bits per heavy atom. The lowest BCUT2D eigenvalue weighted by molar-refractivity contribution is 0.947. The maximum absolute atomic E-state index is 6.50. The first-order chi connectivity index (χ1) is 18.8. The summed E-state index contributed by atoms with van der Waals surface area (Å²) in [4.78, 5) is 14.0. The number of hydrogen-bond donors (Lipinski definition) is 0. The van der Waals surface area contributed by atoms with E-state index in [0.29, 0.717) is 11.8 Å². The zero-order chi connectivity index (χ0) is 25.5. The van der Waals surface area contributed by atoms with Gasteiger partial charge in [0.2, 0.25) is 11.2 Å². The molecule has 2 aromatic heterocycles. The molecule has 0 amide bonds. The summed E-state index contributed by atoms with van der Waals surface area (Å²) in [6.45, 7) is 0. The molecule has 0 spiro atoms. The van der Waals surface area contributed by atoms with Crippen molar-refractivity contribution in [3.63, 3.8) is 0 Å². The smallest absolute Gasteiger partial charge is 0.239 e. The Labute approximate surface area is 224 Å². The van der Waals surface area contributed by atoms with Crippen LogP contribution in [0.3, 0.4) is 0 Å². The molecule has 7 aromatic rings. The second-order valence-corrected chi connectivity index (χ2v) is 9.43. The molecule has 0 saturated heterocycles. The van der Waals surface area contributed by atoms with Gasteiger partial charge >= 0.3 is 0 Å². The molecule has 180 valence electrons. The molecule has 7 rings (SSSR count). The molecule has 5 aromatic carbocycles. The van der Waals surface area contributed by atoms with Gasteiger partial charge in [-0.2, -0.15) is 15.0 Å². The van der Waals surface area contributed by atoms with E-state index in [1.807, 2.05) is 42.5 Å². The van der Waals surface area contributed by atoms with E-state index in [1.165, 1.54) is 0 Å². The second-order valence-electron chi connectivity index (χ2n) is 9.09. The number of hydrogen-bond acceptors (Lipinski definition) is 3. The molecule has 5 heteroatoms. The third-order valence-electron chi connectivity index (χ3n) is 6.83. The van der Waals surface area contributed by atoms with Gasteiger partial charge in [0, 0.05) is 16.3 Å². The Hall–Kier alpha value is -4.80. The molecule has 0 saturated carbocycles. The Morgan fingerprint density at radius 3 is 1.84 bits per heavy atom. The fourth-order valence-electron chi connectivity index (χ4n) is 5.10. The summed E-state index contributed by atoms with van der Waals surface area (Å²) in [5.41, 5.74) is 7.52. The number of fused-ring (bicyclic) bond motifs is 3. The van der Waals surface area contributed by atoms with Crippen LogP contribution < -0.4 is 0 Å². The van der Waals surface area contributed by atoms with Crippen LogP contribution in [0.4, 0.5) is 0 Å². The molecule has 38 heavy (non-hydrogen) atoms. The zero-order valence-electron chi connectivity index (χ0n) is 20.3. The zero-order valence-corrected chi connectivity index (χ0v) is 21.0. The monoisotopic (exact) mass is 508 g/mol. The molecule has 0 radical (unpaired) electrons. The van der Waals surface area contributed by atoms with E-state index in [1.54, 1.807) is 0 Å². The van der Waals surface area contributed by atoms with Gasteiger partial charge in [0.1, 0.15) is 0 Å². The highest BCUT2D eigenvalue weighted by Crippen LogP contribution is 2.38. The van der Waals surface area contributed by atoms with Crippen molar-refractivity contribution in [2.75, 3.05) is 0 Å². The Kier molecular flexibility index (Phi) is 5.46. The van der Waals surface area contributed by atoms with Gasteiger partial charge in [0.25, 0.3) is 0 Å². The van der Waals surface area contributed by atoms with Crippen LogP contribution in [0.15, 0.2) is 127 Å². The van der Waals surface area contributed by atoms with Gasteiger partial charge in [-0.3, -0.25) is 4.57 Å².